The molecule has 0 saturated heterocycles. The fourth-order valence-corrected chi connectivity index (χ4v) is 2.70. The summed E-state index contributed by atoms with van der Waals surface area (Å²) in [7, 11) is 1.54. The van der Waals surface area contributed by atoms with E-state index in [-0.39, 0.29) is 0 Å². The molecule has 0 bridgehead atoms. The SMILES string of the molecule is CO/N=C(/c1cc(C)cc(C)c1)N(N)CCc1ccccc1C. The molecule has 0 aliphatic heterocycles. The molecule has 0 heterocycles. The number of oxime groups is 1. The Morgan fingerprint density at radius 1 is 1.09 bits per heavy atom. The minimum Gasteiger partial charge on any atom is -0.397 e. The average Bonchev–Trinajstić information content (AvgIpc) is 2.50. The van der Waals surface area contributed by atoms with Crippen LogP contribution in [0.4, 0.5) is 0 Å². The van der Waals surface area contributed by atoms with Crippen molar-refractivity contribution in [2.45, 2.75) is 27.2 Å². The summed E-state index contributed by atoms with van der Waals surface area (Å²) in [6.45, 7) is 6.91. The molecule has 0 fully saturated rings. The highest BCUT2D eigenvalue weighted by atomic mass is 16.6. The van der Waals surface area contributed by atoms with Crippen LogP contribution in [0, 0.1) is 20.8 Å². The first-order chi connectivity index (χ1) is 11.0. The molecule has 0 radical (unpaired) electrons. The van der Waals surface area contributed by atoms with Gasteiger partial charge in [0, 0.05) is 12.1 Å². The fraction of sp³-hybridized carbons (Fsp3) is 0.316. The number of aryl methyl sites for hydroxylation is 3. The Morgan fingerprint density at radius 3 is 2.35 bits per heavy atom. The molecule has 0 amide bonds. The zero-order valence-electron chi connectivity index (χ0n) is 14.3. The number of hydrogen-bond acceptors (Lipinski definition) is 3. The van der Waals surface area contributed by atoms with Gasteiger partial charge in [-0.1, -0.05) is 46.6 Å². The summed E-state index contributed by atoms with van der Waals surface area (Å²) in [6.07, 6.45) is 0.858. The lowest BCUT2D eigenvalue weighted by Gasteiger charge is -2.21. The van der Waals surface area contributed by atoms with Gasteiger partial charge in [0.2, 0.25) is 0 Å². The Kier molecular flexibility index (Phi) is 5.77. The van der Waals surface area contributed by atoms with Gasteiger partial charge in [0.05, 0.1) is 0 Å². The lowest BCUT2D eigenvalue weighted by atomic mass is 10.0. The number of hydrazine groups is 1. The Morgan fingerprint density at radius 2 is 1.74 bits per heavy atom. The van der Waals surface area contributed by atoms with Crippen LogP contribution in [0.25, 0.3) is 0 Å². The molecule has 2 rings (SSSR count). The van der Waals surface area contributed by atoms with Crippen LogP contribution in [0.3, 0.4) is 0 Å². The molecule has 2 aromatic rings. The van der Waals surface area contributed by atoms with E-state index in [1.807, 2.05) is 6.07 Å². The maximum absolute atomic E-state index is 6.26. The number of nitrogens with zero attached hydrogens (tertiary/aromatic N) is 2. The smallest absolute Gasteiger partial charge is 0.189 e. The summed E-state index contributed by atoms with van der Waals surface area (Å²) in [4.78, 5) is 5.00. The molecule has 4 nitrogen and oxygen atoms in total. The van der Waals surface area contributed by atoms with E-state index < -0.39 is 0 Å². The third kappa shape index (κ3) is 4.57. The minimum absolute atomic E-state index is 0.646. The van der Waals surface area contributed by atoms with Gasteiger partial charge >= 0.3 is 0 Å². The summed E-state index contributed by atoms with van der Waals surface area (Å²) < 4.78 is 0. The summed E-state index contributed by atoms with van der Waals surface area (Å²) in [5.74, 6) is 6.90. The van der Waals surface area contributed by atoms with E-state index in [1.54, 1.807) is 5.01 Å². The van der Waals surface area contributed by atoms with Gasteiger partial charge in [0.25, 0.3) is 0 Å². The standard InChI is InChI=1S/C19H25N3O/c1-14-11-15(2)13-18(12-14)19(21-23-4)22(20)10-9-17-8-6-5-7-16(17)3/h5-8,11-13H,9-10,20H2,1-4H3/b21-19-. The van der Waals surface area contributed by atoms with Gasteiger partial charge in [0.1, 0.15) is 7.11 Å². The molecule has 0 aliphatic rings. The third-order valence-corrected chi connectivity index (χ3v) is 3.81. The highest BCUT2D eigenvalue weighted by Crippen LogP contribution is 2.13. The van der Waals surface area contributed by atoms with Gasteiger partial charge in [-0.15, -0.1) is 0 Å². The van der Waals surface area contributed by atoms with E-state index in [4.69, 9.17) is 10.7 Å². The van der Waals surface area contributed by atoms with Crippen LogP contribution in [0.1, 0.15) is 27.8 Å². The molecule has 4 heteroatoms. The number of benzene rings is 2. The molecule has 2 aromatic carbocycles. The fourth-order valence-electron chi connectivity index (χ4n) is 2.70. The molecule has 0 aliphatic carbocycles. The first-order valence-electron chi connectivity index (χ1n) is 7.78. The van der Waals surface area contributed by atoms with Crippen LogP contribution in [0.5, 0.6) is 0 Å². The Hall–Kier alpha value is -2.33. The van der Waals surface area contributed by atoms with Crippen molar-refractivity contribution in [1.82, 2.24) is 5.01 Å². The van der Waals surface area contributed by atoms with Crippen molar-refractivity contribution in [3.8, 4) is 0 Å². The predicted molar refractivity (Wildman–Crippen MR) is 95.2 cm³/mol. The number of nitrogens with two attached hydrogens (primary N) is 1. The van der Waals surface area contributed by atoms with Gasteiger partial charge < -0.3 is 4.84 Å². The Labute approximate surface area is 138 Å². The highest BCUT2D eigenvalue weighted by molar-refractivity contribution is 5.98. The van der Waals surface area contributed by atoms with Gasteiger partial charge in [-0.05, 0) is 50.5 Å². The summed E-state index contributed by atoms with van der Waals surface area (Å²) in [5, 5.41) is 5.79. The van der Waals surface area contributed by atoms with Crippen LogP contribution in [0.15, 0.2) is 47.6 Å². The molecule has 2 N–H and O–H groups in total. The summed E-state index contributed by atoms with van der Waals surface area (Å²) in [6, 6.07) is 14.6. The predicted octanol–water partition coefficient (Wildman–Crippen LogP) is 3.34. The van der Waals surface area contributed by atoms with Crippen LogP contribution in [-0.4, -0.2) is 24.5 Å². The van der Waals surface area contributed by atoms with E-state index >= 15 is 0 Å². The zero-order chi connectivity index (χ0) is 16.8. The van der Waals surface area contributed by atoms with Crippen molar-refractivity contribution in [3.05, 3.63) is 70.3 Å². The van der Waals surface area contributed by atoms with E-state index in [2.05, 4.69) is 62.3 Å². The molecule has 23 heavy (non-hydrogen) atoms. The maximum Gasteiger partial charge on any atom is 0.189 e. The van der Waals surface area contributed by atoms with E-state index in [1.165, 1.54) is 29.4 Å². The van der Waals surface area contributed by atoms with Crippen molar-refractivity contribution in [3.63, 3.8) is 0 Å². The van der Waals surface area contributed by atoms with Gasteiger partial charge in [-0.3, -0.25) is 5.01 Å². The monoisotopic (exact) mass is 311 g/mol. The molecule has 0 unspecified atom stereocenters. The minimum atomic E-state index is 0.646. The van der Waals surface area contributed by atoms with Crippen LogP contribution >= 0.6 is 0 Å². The molecule has 0 aromatic heterocycles. The first-order valence-corrected chi connectivity index (χ1v) is 7.78. The topological polar surface area (TPSA) is 50.8 Å². The molecular formula is C19H25N3O. The number of rotatable bonds is 5. The average molecular weight is 311 g/mol. The van der Waals surface area contributed by atoms with Crippen LogP contribution < -0.4 is 5.84 Å². The Bertz CT molecular complexity index is 675. The van der Waals surface area contributed by atoms with Crippen molar-refractivity contribution >= 4 is 5.84 Å². The third-order valence-electron chi connectivity index (χ3n) is 3.81. The first kappa shape index (κ1) is 17.0. The van der Waals surface area contributed by atoms with Crippen LogP contribution in [0.2, 0.25) is 0 Å². The Balaban J connectivity index is 2.17. The largest absolute Gasteiger partial charge is 0.397 e. The zero-order valence-corrected chi connectivity index (χ0v) is 14.3. The second-order valence-electron chi connectivity index (χ2n) is 5.84. The lowest BCUT2D eigenvalue weighted by molar-refractivity contribution is 0.206. The molecule has 122 valence electrons. The van der Waals surface area contributed by atoms with Gasteiger partial charge in [-0.2, -0.15) is 0 Å². The lowest BCUT2D eigenvalue weighted by Crippen LogP contribution is -2.39. The van der Waals surface area contributed by atoms with Gasteiger partial charge in [-0.25, -0.2) is 5.84 Å². The highest BCUT2D eigenvalue weighted by Gasteiger charge is 2.13. The van der Waals surface area contributed by atoms with E-state index in [0.717, 1.165) is 12.0 Å². The second-order valence-corrected chi connectivity index (χ2v) is 5.84. The van der Waals surface area contributed by atoms with E-state index in [9.17, 15) is 0 Å². The summed E-state index contributed by atoms with van der Waals surface area (Å²) in [5.41, 5.74) is 5.89. The molecular weight excluding hydrogens is 286 g/mol. The maximum atomic E-state index is 6.26. The molecule has 0 atom stereocenters. The number of hydrogen-bond donors (Lipinski definition) is 1. The van der Waals surface area contributed by atoms with Crippen molar-refractivity contribution in [1.29, 1.82) is 0 Å². The van der Waals surface area contributed by atoms with Gasteiger partial charge in [0.15, 0.2) is 5.84 Å². The quantitative estimate of drug-likeness (QED) is 0.399. The van der Waals surface area contributed by atoms with Crippen molar-refractivity contribution in [2.24, 2.45) is 11.0 Å². The summed E-state index contributed by atoms with van der Waals surface area (Å²) >= 11 is 0. The number of amidine groups is 1. The van der Waals surface area contributed by atoms with Crippen LogP contribution in [-0.2, 0) is 11.3 Å². The van der Waals surface area contributed by atoms with E-state index in [0.29, 0.717) is 12.4 Å². The van der Waals surface area contributed by atoms with Crippen molar-refractivity contribution < 1.29 is 4.84 Å². The second kappa shape index (κ2) is 7.79. The normalized spacial score (nSPS) is 11.4. The molecule has 0 saturated carbocycles. The van der Waals surface area contributed by atoms with Crippen molar-refractivity contribution in [2.75, 3.05) is 13.7 Å². The molecule has 0 spiro atoms.